The molecule has 1 fully saturated rings. The van der Waals surface area contributed by atoms with Crippen molar-refractivity contribution in [2.75, 3.05) is 20.2 Å². The molecule has 1 amide bonds. The number of nitrogens with zero attached hydrogens (tertiary/aromatic N) is 1. The molecule has 1 saturated heterocycles. The van der Waals surface area contributed by atoms with Gasteiger partial charge in [-0.3, -0.25) is 4.79 Å². The fourth-order valence-electron chi connectivity index (χ4n) is 3.19. The van der Waals surface area contributed by atoms with Gasteiger partial charge in [0.15, 0.2) is 0 Å². The first-order chi connectivity index (χ1) is 12.2. The molecule has 2 rings (SSSR count). The Labute approximate surface area is 155 Å². The highest BCUT2D eigenvalue weighted by atomic mass is 16.6. The number of ether oxygens (including phenoxy) is 2. The topological polar surface area (TPSA) is 67.9 Å². The summed E-state index contributed by atoms with van der Waals surface area (Å²) in [5.74, 6) is -0.733. The number of piperidine rings is 1. The van der Waals surface area contributed by atoms with Gasteiger partial charge in [-0.2, -0.15) is 0 Å². The van der Waals surface area contributed by atoms with Crippen molar-refractivity contribution in [3.05, 3.63) is 35.9 Å². The van der Waals surface area contributed by atoms with E-state index in [0.717, 1.165) is 5.56 Å². The molecule has 0 aliphatic carbocycles. The molecule has 26 heavy (non-hydrogen) atoms. The van der Waals surface area contributed by atoms with E-state index >= 15 is 0 Å². The van der Waals surface area contributed by atoms with Crippen LogP contribution in [0.15, 0.2) is 30.3 Å². The first-order valence-corrected chi connectivity index (χ1v) is 9.08. The van der Waals surface area contributed by atoms with Crippen LogP contribution in [0.5, 0.6) is 0 Å². The first-order valence-electron chi connectivity index (χ1n) is 9.08. The lowest BCUT2D eigenvalue weighted by Crippen LogP contribution is -2.55. The number of amides is 1. The minimum Gasteiger partial charge on any atom is -0.469 e. The van der Waals surface area contributed by atoms with E-state index in [4.69, 9.17) is 9.47 Å². The molecule has 1 aliphatic heterocycles. The normalized spacial score (nSPS) is 21.8. The van der Waals surface area contributed by atoms with Crippen LogP contribution in [0, 0.1) is 5.92 Å². The summed E-state index contributed by atoms with van der Waals surface area (Å²) < 4.78 is 10.4. The van der Waals surface area contributed by atoms with Crippen molar-refractivity contribution in [2.24, 2.45) is 5.92 Å². The minimum absolute atomic E-state index is 0.0589. The number of nitrogens with one attached hydrogen (secondary N) is 1. The van der Waals surface area contributed by atoms with E-state index in [1.165, 1.54) is 7.11 Å². The van der Waals surface area contributed by atoms with Crippen LogP contribution in [0.3, 0.4) is 0 Å². The number of benzene rings is 1. The third-order valence-corrected chi connectivity index (χ3v) is 4.53. The smallest absolute Gasteiger partial charge is 0.410 e. The molecule has 6 nitrogen and oxygen atoms in total. The molecule has 0 saturated carbocycles. The van der Waals surface area contributed by atoms with E-state index in [0.29, 0.717) is 19.5 Å². The van der Waals surface area contributed by atoms with Gasteiger partial charge in [0.1, 0.15) is 5.60 Å². The van der Waals surface area contributed by atoms with E-state index in [-0.39, 0.29) is 24.1 Å². The summed E-state index contributed by atoms with van der Waals surface area (Å²) in [6.45, 7) is 8.40. The van der Waals surface area contributed by atoms with Gasteiger partial charge in [0.2, 0.25) is 0 Å². The SMILES string of the molecule is COC(=O)[C@H]1CN(C(=O)OC(C)(C)C)CCC1N[C@@H](C)c1ccccc1. The van der Waals surface area contributed by atoms with Crippen molar-refractivity contribution in [2.45, 2.75) is 51.8 Å². The highest BCUT2D eigenvalue weighted by Crippen LogP contribution is 2.24. The van der Waals surface area contributed by atoms with E-state index in [1.807, 2.05) is 39.0 Å². The Morgan fingerprint density at radius 2 is 1.88 bits per heavy atom. The lowest BCUT2D eigenvalue weighted by molar-refractivity contribution is -0.148. The van der Waals surface area contributed by atoms with Gasteiger partial charge in [0.25, 0.3) is 0 Å². The standard InChI is InChI=1S/C20H30N2O4/c1-14(15-9-7-6-8-10-15)21-17-11-12-22(13-16(17)18(23)25-5)19(24)26-20(2,3)4/h6-10,14,16-17,21H,11-13H2,1-5H3/t14-,16-,17?/m0/s1. The second kappa shape index (κ2) is 8.54. The van der Waals surface area contributed by atoms with Gasteiger partial charge < -0.3 is 19.7 Å². The molecule has 144 valence electrons. The summed E-state index contributed by atoms with van der Waals surface area (Å²) in [5, 5.41) is 3.53. The van der Waals surface area contributed by atoms with Gasteiger partial charge in [0.05, 0.1) is 13.0 Å². The van der Waals surface area contributed by atoms with Crippen LogP contribution in [-0.2, 0) is 14.3 Å². The van der Waals surface area contributed by atoms with Crippen molar-refractivity contribution in [3.63, 3.8) is 0 Å². The Bertz CT molecular complexity index is 612. The molecule has 1 aliphatic rings. The minimum atomic E-state index is -0.561. The van der Waals surface area contributed by atoms with Gasteiger partial charge in [-0.15, -0.1) is 0 Å². The van der Waals surface area contributed by atoms with Gasteiger partial charge in [-0.25, -0.2) is 4.79 Å². The Morgan fingerprint density at radius 3 is 2.46 bits per heavy atom. The zero-order valence-electron chi connectivity index (χ0n) is 16.3. The largest absolute Gasteiger partial charge is 0.469 e. The maximum atomic E-state index is 12.4. The maximum absolute atomic E-state index is 12.4. The van der Waals surface area contributed by atoms with E-state index in [2.05, 4.69) is 24.4 Å². The number of likely N-dealkylation sites (tertiary alicyclic amines) is 1. The van der Waals surface area contributed by atoms with Crippen LogP contribution < -0.4 is 5.32 Å². The van der Waals surface area contributed by atoms with Crippen molar-refractivity contribution in [1.29, 1.82) is 0 Å². The number of carbonyl (C=O) groups is 2. The summed E-state index contributed by atoms with van der Waals surface area (Å²) in [6.07, 6.45) is 0.275. The van der Waals surface area contributed by atoms with Gasteiger partial charge in [0, 0.05) is 25.2 Å². The van der Waals surface area contributed by atoms with Crippen molar-refractivity contribution >= 4 is 12.1 Å². The summed E-state index contributed by atoms with van der Waals surface area (Å²) in [5.41, 5.74) is 0.597. The van der Waals surface area contributed by atoms with Crippen LogP contribution in [-0.4, -0.2) is 48.8 Å². The number of rotatable bonds is 4. The zero-order chi connectivity index (χ0) is 19.3. The number of carbonyl (C=O) groups excluding carboxylic acids is 2. The molecule has 1 aromatic rings. The highest BCUT2D eigenvalue weighted by molar-refractivity contribution is 5.75. The molecule has 0 radical (unpaired) electrons. The van der Waals surface area contributed by atoms with Gasteiger partial charge in [-0.05, 0) is 39.7 Å². The van der Waals surface area contributed by atoms with Crippen LogP contribution in [0.4, 0.5) is 4.79 Å². The van der Waals surface area contributed by atoms with Crippen LogP contribution in [0.25, 0.3) is 0 Å². The van der Waals surface area contributed by atoms with Crippen LogP contribution >= 0.6 is 0 Å². The Hall–Kier alpha value is -2.08. The van der Waals surface area contributed by atoms with Crippen molar-refractivity contribution < 1.29 is 19.1 Å². The van der Waals surface area contributed by atoms with Gasteiger partial charge >= 0.3 is 12.1 Å². The molecule has 3 atom stereocenters. The number of esters is 1. The maximum Gasteiger partial charge on any atom is 0.410 e. The monoisotopic (exact) mass is 362 g/mol. The third-order valence-electron chi connectivity index (χ3n) is 4.53. The summed E-state index contributed by atoms with van der Waals surface area (Å²) in [4.78, 5) is 26.3. The summed E-state index contributed by atoms with van der Waals surface area (Å²) in [6, 6.07) is 10.1. The van der Waals surface area contributed by atoms with Crippen molar-refractivity contribution in [3.8, 4) is 0 Å². The van der Waals surface area contributed by atoms with E-state index in [9.17, 15) is 9.59 Å². The fourth-order valence-corrected chi connectivity index (χ4v) is 3.19. The van der Waals surface area contributed by atoms with Crippen LogP contribution in [0.2, 0.25) is 0 Å². The fraction of sp³-hybridized carbons (Fsp3) is 0.600. The summed E-state index contributed by atoms with van der Waals surface area (Å²) >= 11 is 0. The predicted octanol–water partition coefficient (Wildman–Crippen LogP) is 3.14. The summed E-state index contributed by atoms with van der Waals surface area (Å²) in [7, 11) is 1.38. The highest BCUT2D eigenvalue weighted by Gasteiger charge is 2.38. The lowest BCUT2D eigenvalue weighted by atomic mass is 9.91. The average molecular weight is 362 g/mol. The molecule has 1 aromatic carbocycles. The lowest BCUT2D eigenvalue weighted by Gasteiger charge is -2.39. The van der Waals surface area contributed by atoms with Crippen molar-refractivity contribution in [1.82, 2.24) is 10.2 Å². The molecule has 0 spiro atoms. The molecular formula is C20H30N2O4. The first kappa shape index (κ1) is 20.2. The molecule has 6 heteroatoms. The second-order valence-corrected chi connectivity index (χ2v) is 7.75. The molecule has 1 heterocycles. The quantitative estimate of drug-likeness (QED) is 0.834. The number of hydrogen-bond donors (Lipinski definition) is 1. The zero-order valence-corrected chi connectivity index (χ0v) is 16.3. The van der Waals surface area contributed by atoms with E-state index < -0.39 is 11.5 Å². The van der Waals surface area contributed by atoms with Gasteiger partial charge in [-0.1, -0.05) is 30.3 Å². The Kier molecular flexibility index (Phi) is 6.64. The van der Waals surface area contributed by atoms with Crippen LogP contribution in [0.1, 0.15) is 45.7 Å². The third kappa shape index (κ3) is 5.46. The predicted molar refractivity (Wildman–Crippen MR) is 99.7 cm³/mol. The molecule has 0 bridgehead atoms. The Morgan fingerprint density at radius 1 is 1.23 bits per heavy atom. The molecule has 0 aromatic heterocycles. The second-order valence-electron chi connectivity index (χ2n) is 7.75. The number of methoxy groups -OCH3 is 1. The molecule has 1 unspecified atom stereocenters. The number of hydrogen-bond acceptors (Lipinski definition) is 5. The Balaban J connectivity index is 2.06. The molecule has 1 N–H and O–H groups in total. The molecular weight excluding hydrogens is 332 g/mol. The average Bonchev–Trinajstić information content (AvgIpc) is 2.60. The van der Waals surface area contributed by atoms with E-state index in [1.54, 1.807) is 4.90 Å².